The molecule has 0 fully saturated rings. The van der Waals surface area contributed by atoms with Gasteiger partial charge in [0.2, 0.25) is 11.8 Å². The highest BCUT2D eigenvalue weighted by molar-refractivity contribution is 5.94. The van der Waals surface area contributed by atoms with Gasteiger partial charge >= 0.3 is 0 Å². The standard InChI is InChI=1S/C23H31N3O2/c1-3-7-18(8-4-2)23(28)25-19-14-11-17(12-15-19)13-16-22(27)26-21-10-6-5-9-20(21)24/h5-6,9-12,14-15,18H,3-4,7-8,13,16,24H2,1-2H3,(H,25,28)(H,26,27). The van der Waals surface area contributed by atoms with Gasteiger partial charge in [-0.1, -0.05) is 51.0 Å². The number of rotatable bonds is 10. The van der Waals surface area contributed by atoms with Gasteiger partial charge in [-0.2, -0.15) is 0 Å². The van der Waals surface area contributed by atoms with E-state index in [-0.39, 0.29) is 17.7 Å². The van der Waals surface area contributed by atoms with E-state index in [1.165, 1.54) is 0 Å². The summed E-state index contributed by atoms with van der Waals surface area (Å²) in [4.78, 5) is 24.5. The van der Waals surface area contributed by atoms with Crippen molar-refractivity contribution in [2.24, 2.45) is 5.92 Å². The SMILES string of the molecule is CCCC(CCC)C(=O)Nc1ccc(CCC(=O)Nc2ccccc2N)cc1. The fourth-order valence-electron chi connectivity index (χ4n) is 3.18. The third kappa shape index (κ3) is 6.72. The molecule has 0 saturated carbocycles. The molecule has 0 heterocycles. The van der Waals surface area contributed by atoms with Crippen LogP contribution in [0.4, 0.5) is 17.1 Å². The van der Waals surface area contributed by atoms with E-state index in [1.807, 2.05) is 36.4 Å². The first-order valence-electron chi connectivity index (χ1n) is 10.1. The highest BCUT2D eigenvalue weighted by atomic mass is 16.2. The molecule has 0 spiro atoms. The van der Waals surface area contributed by atoms with Gasteiger partial charge in [0.25, 0.3) is 0 Å². The van der Waals surface area contributed by atoms with E-state index in [2.05, 4.69) is 24.5 Å². The summed E-state index contributed by atoms with van der Waals surface area (Å²) in [7, 11) is 0. The molecular weight excluding hydrogens is 350 g/mol. The summed E-state index contributed by atoms with van der Waals surface area (Å²) >= 11 is 0. The minimum atomic E-state index is -0.0720. The van der Waals surface area contributed by atoms with Gasteiger partial charge in [-0.3, -0.25) is 9.59 Å². The molecule has 28 heavy (non-hydrogen) atoms. The number of para-hydroxylation sites is 2. The fourth-order valence-corrected chi connectivity index (χ4v) is 3.18. The van der Waals surface area contributed by atoms with Crippen LogP contribution < -0.4 is 16.4 Å². The average Bonchev–Trinajstić information content (AvgIpc) is 2.69. The van der Waals surface area contributed by atoms with Crippen molar-refractivity contribution < 1.29 is 9.59 Å². The van der Waals surface area contributed by atoms with E-state index in [0.717, 1.165) is 36.9 Å². The Morgan fingerprint density at radius 1 is 0.929 bits per heavy atom. The summed E-state index contributed by atoms with van der Waals surface area (Å²) in [6, 6.07) is 14.9. The lowest BCUT2D eigenvalue weighted by molar-refractivity contribution is -0.120. The van der Waals surface area contributed by atoms with Crippen molar-refractivity contribution in [3.8, 4) is 0 Å². The van der Waals surface area contributed by atoms with Crippen LogP contribution in [0.25, 0.3) is 0 Å². The lowest BCUT2D eigenvalue weighted by Gasteiger charge is -2.15. The highest BCUT2D eigenvalue weighted by Crippen LogP contribution is 2.19. The Hall–Kier alpha value is -2.82. The molecule has 0 aliphatic carbocycles. The topological polar surface area (TPSA) is 84.2 Å². The fraction of sp³-hybridized carbons (Fsp3) is 0.391. The molecule has 2 aromatic rings. The zero-order chi connectivity index (χ0) is 20.4. The molecule has 0 aliphatic rings. The molecule has 2 amide bonds. The molecule has 0 atom stereocenters. The zero-order valence-electron chi connectivity index (χ0n) is 16.8. The van der Waals surface area contributed by atoms with E-state index in [1.54, 1.807) is 12.1 Å². The van der Waals surface area contributed by atoms with Gasteiger partial charge in [-0.25, -0.2) is 0 Å². The van der Waals surface area contributed by atoms with Gasteiger partial charge in [0.1, 0.15) is 0 Å². The van der Waals surface area contributed by atoms with Gasteiger partial charge < -0.3 is 16.4 Å². The van der Waals surface area contributed by atoms with Crippen molar-refractivity contribution in [1.82, 2.24) is 0 Å². The Kier molecular flexibility index (Phi) is 8.53. The van der Waals surface area contributed by atoms with Crippen molar-refractivity contribution in [1.29, 1.82) is 0 Å². The minimum Gasteiger partial charge on any atom is -0.397 e. The summed E-state index contributed by atoms with van der Waals surface area (Å²) in [5, 5.41) is 5.84. The number of carbonyl (C=O) groups excluding carboxylic acids is 2. The maximum absolute atomic E-state index is 12.4. The number of amides is 2. The number of hydrogen-bond acceptors (Lipinski definition) is 3. The van der Waals surface area contributed by atoms with Crippen LogP contribution in [0.5, 0.6) is 0 Å². The van der Waals surface area contributed by atoms with Crippen LogP contribution in [-0.4, -0.2) is 11.8 Å². The van der Waals surface area contributed by atoms with E-state index in [4.69, 9.17) is 5.73 Å². The number of nitrogen functional groups attached to an aromatic ring is 1. The molecule has 0 aliphatic heterocycles. The number of carbonyl (C=O) groups is 2. The quantitative estimate of drug-likeness (QED) is 0.507. The molecule has 0 unspecified atom stereocenters. The average molecular weight is 382 g/mol. The van der Waals surface area contributed by atoms with Crippen molar-refractivity contribution in [2.75, 3.05) is 16.4 Å². The van der Waals surface area contributed by atoms with E-state index in [0.29, 0.717) is 24.2 Å². The third-order valence-corrected chi connectivity index (χ3v) is 4.74. The Morgan fingerprint density at radius 2 is 1.57 bits per heavy atom. The molecule has 0 bridgehead atoms. The van der Waals surface area contributed by atoms with Gasteiger partial charge in [-0.05, 0) is 49.1 Å². The van der Waals surface area contributed by atoms with Crippen LogP contribution in [0.3, 0.4) is 0 Å². The van der Waals surface area contributed by atoms with E-state index < -0.39 is 0 Å². The van der Waals surface area contributed by atoms with Gasteiger partial charge in [0.05, 0.1) is 11.4 Å². The van der Waals surface area contributed by atoms with Crippen molar-refractivity contribution in [2.45, 2.75) is 52.4 Å². The Morgan fingerprint density at radius 3 is 2.18 bits per heavy atom. The summed E-state index contributed by atoms with van der Waals surface area (Å²) in [6.45, 7) is 4.21. The van der Waals surface area contributed by atoms with Crippen molar-refractivity contribution >= 4 is 28.9 Å². The van der Waals surface area contributed by atoms with E-state index >= 15 is 0 Å². The first kappa shape index (κ1) is 21.5. The summed E-state index contributed by atoms with van der Waals surface area (Å²) < 4.78 is 0. The summed E-state index contributed by atoms with van der Waals surface area (Å²) in [5.74, 6) is 0.0947. The second-order valence-corrected chi connectivity index (χ2v) is 7.10. The molecule has 0 saturated heterocycles. The smallest absolute Gasteiger partial charge is 0.227 e. The predicted molar refractivity (Wildman–Crippen MR) is 116 cm³/mol. The minimum absolute atomic E-state index is 0.0720. The second-order valence-electron chi connectivity index (χ2n) is 7.10. The molecule has 0 radical (unpaired) electrons. The molecule has 5 nitrogen and oxygen atoms in total. The maximum Gasteiger partial charge on any atom is 0.227 e. The van der Waals surface area contributed by atoms with Crippen LogP contribution in [-0.2, 0) is 16.0 Å². The number of nitrogens with two attached hydrogens (primary N) is 1. The van der Waals surface area contributed by atoms with Gasteiger partial charge in [-0.15, -0.1) is 0 Å². The first-order chi connectivity index (χ1) is 13.5. The molecule has 4 N–H and O–H groups in total. The predicted octanol–water partition coefficient (Wildman–Crippen LogP) is 5.00. The van der Waals surface area contributed by atoms with Crippen LogP contribution in [0.15, 0.2) is 48.5 Å². The molecule has 150 valence electrons. The van der Waals surface area contributed by atoms with Crippen molar-refractivity contribution in [3.63, 3.8) is 0 Å². The largest absolute Gasteiger partial charge is 0.397 e. The summed E-state index contributed by atoms with van der Waals surface area (Å²) in [6.07, 6.45) is 4.84. The van der Waals surface area contributed by atoms with Crippen molar-refractivity contribution in [3.05, 3.63) is 54.1 Å². The first-order valence-corrected chi connectivity index (χ1v) is 10.1. The number of hydrogen-bond donors (Lipinski definition) is 3. The lowest BCUT2D eigenvalue weighted by Crippen LogP contribution is -2.22. The summed E-state index contributed by atoms with van der Waals surface area (Å²) in [5.41, 5.74) is 8.88. The van der Waals surface area contributed by atoms with Gasteiger partial charge in [0.15, 0.2) is 0 Å². The molecule has 2 rings (SSSR count). The zero-order valence-corrected chi connectivity index (χ0v) is 16.8. The van der Waals surface area contributed by atoms with Crippen LogP contribution >= 0.6 is 0 Å². The number of nitrogens with one attached hydrogen (secondary N) is 2. The monoisotopic (exact) mass is 381 g/mol. The number of anilines is 3. The van der Waals surface area contributed by atoms with Crippen LogP contribution in [0.1, 0.15) is 51.5 Å². The molecule has 2 aromatic carbocycles. The van der Waals surface area contributed by atoms with E-state index in [9.17, 15) is 9.59 Å². The molecule has 5 heteroatoms. The normalized spacial score (nSPS) is 10.7. The Labute approximate surface area is 167 Å². The van der Waals surface area contributed by atoms with Gasteiger partial charge in [0, 0.05) is 18.0 Å². The number of benzene rings is 2. The Balaban J connectivity index is 1.84. The number of aryl methyl sites for hydroxylation is 1. The second kappa shape index (κ2) is 11.1. The third-order valence-electron chi connectivity index (χ3n) is 4.74. The Bertz CT molecular complexity index is 766. The van der Waals surface area contributed by atoms with Crippen LogP contribution in [0, 0.1) is 5.92 Å². The highest BCUT2D eigenvalue weighted by Gasteiger charge is 2.16. The van der Waals surface area contributed by atoms with Crippen LogP contribution in [0.2, 0.25) is 0 Å². The molecule has 0 aromatic heterocycles. The maximum atomic E-state index is 12.4. The lowest BCUT2D eigenvalue weighted by atomic mass is 9.97. The molecular formula is C23H31N3O2.